The second-order valence-electron chi connectivity index (χ2n) is 20.1. The number of Topliss-reactive ketones (excluding diaryl/α,β-unsaturated/α-hetero) is 1. The topological polar surface area (TPSA) is 308 Å². The predicted molar refractivity (Wildman–Crippen MR) is 320 cm³/mol. The van der Waals surface area contributed by atoms with Crippen LogP contribution in [0.15, 0.2) is 35.1 Å². The smallest absolute Gasteiger partial charge is 0.411 e. The maximum Gasteiger partial charge on any atom is 0.411 e. The average molecular weight is 1370 g/mol. The van der Waals surface area contributed by atoms with Crippen LogP contribution in [0.5, 0.6) is 17.2 Å². The average Bonchev–Trinajstić information content (AvgIpc) is 1.36. The number of alkyl carbamates (subject to hydrolysis) is 1. The molecule has 1 amide bonds. The molecule has 466 valence electrons. The maximum absolute atomic E-state index is 14.4. The monoisotopic (exact) mass is 1370 g/mol. The molecule has 4 heterocycles. The number of halogens is 1. The molecule has 29 heteroatoms. The molecule has 7 rings (SSSR count). The van der Waals surface area contributed by atoms with Crippen LogP contribution in [0.1, 0.15) is 62.9 Å². The largest absolute Gasteiger partial charge is 0.492 e. The van der Waals surface area contributed by atoms with Crippen molar-refractivity contribution in [3.05, 3.63) is 49.8 Å². The summed E-state index contributed by atoms with van der Waals surface area (Å²) in [5.41, 5.74) is 1.30. The third kappa shape index (κ3) is 15.7. The SMILES string of the molecule is CCN[C@H]1CO[C@@H](O[C@H]2[C@H](O[C@H]3C#CC=CC#C[C@@]4(O)CC(=O)C(NC(=O)OC)=C3C4=CCSSSC)O[C@H](C)[C@@H](NO[C@H]3C[C@H](O)[C@H](SC(=O)c4c(C)c(I)c(O[C@@H]5O[C@@H](C)[C@H](O)[C@@H](OC)[C@H]5O)c(OC)c4OC)[C@@H](C)O3)[C@@H]2O)C[C@@H]1OC. The van der Waals surface area contributed by atoms with Crippen molar-refractivity contribution in [1.29, 1.82) is 0 Å². The van der Waals surface area contributed by atoms with E-state index in [1.54, 1.807) is 40.9 Å². The second-order valence-corrected chi connectivity index (χ2v) is 26.7. The minimum Gasteiger partial charge on any atom is -0.492 e. The molecule has 2 bridgehead atoms. The van der Waals surface area contributed by atoms with E-state index >= 15 is 0 Å². The number of benzene rings is 1. The Morgan fingerprint density at radius 2 is 1.61 bits per heavy atom. The van der Waals surface area contributed by atoms with Gasteiger partial charge in [-0.15, -0.1) is 0 Å². The number of thioether (sulfide) groups is 1. The fourth-order valence-electron chi connectivity index (χ4n) is 10.5. The number of carbonyl (C=O) groups is 3. The normalized spacial score (nSPS) is 35.5. The van der Waals surface area contributed by atoms with Crippen molar-refractivity contribution in [3.8, 4) is 40.9 Å². The van der Waals surface area contributed by atoms with E-state index in [0.717, 1.165) is 18.9 Å². The number of ketones is 1. The van der Waals surface area contributed by atoms with Gasteiger partial charge in [-0.1, -0.05) is 70.0 Å². The minimum absolute atomic E-state index is 0.0155. The fourth-order valence-corrected chi connectivity index (χ4v) is 14.7. The molecule has 0 spiro atoms. The zero-order chi connectivity index (χ0) is 61.2. The molecule has 0 saturated carbocycles. The molecular formula is C55H74IN3O21S4. The van der Waals surface area contributed by atoms with Crippen LogP contribution in [0.3, 0.4) is 0 Å². The van der Waals surface area contributed by atoms with Gasteiger partial charge in [-0.2, -0.15) is 5.48 Å². The third-order valence-corrected chi connectivity index (χ3v) is 21.2. The highest BCUT2D eigenvalue weighted by molar-refractivity contribution is 14.1. The first-order valence-corrected chi connectivity index (χ1v) is 32.9. The lowest BCUT2D eigenvalue weighted by Crippen LogP contribution is -2.65. The van der Waals surface area contributed by atoms with E-state index < -0.39 is 127 Å². The number of allylic oxidation sites excluding steroid dienone is 3. The van der Waals surface area contributed by atoms with Gasteiger partial charge < -0.3 is 87.7 Å². The summed E-state index contributed by atoms with van der Waals surface area (Å²) in [4.78, 5) is 47.5. The van der Waals surface area contributed by atoms with Crippen molar-refractivity contribution in [3.63, 3.8) is 0 Å². The molecule has 84 heavy (non-hydrogen) atoms. The summed E-state index contributed by atoms with van der Waals surface area (Å²) in [7, 11) is 11.3. The Balaban J connectivity index is 1.12. The lowest BCUT2D eigenvalue weighted by Gasteiger charge is -2.46. The van der Waals surface area contributed by atoms with E-state index in [0.29, 0.717) is 21.4 Å². The van der Waals surface area contributed by atoms with Crippen LogP contribution >= 0.6 is 65.8 Å². The Labute approximate surface area is 517 Å². The molecule has 24 nitrogen and oxygen atoms in total. The highest BCUT2D eigenvalue weighted by atomic mass is 127. The zero-order valence-electron chi connectivity index (χ0n) is 48.1. The van der Waals surface area contributed by atoms with Crippen LogP contribution in [0.2, 0.25) is 0 Å². The van der Waals surface area contributed by atoms with E-state index in [1.165, 1.54) is 64.9 Å². The summed E-state index contributed by atoms with van der Waals surface area (Å²) < 4.78 is 72.5. The first-order valence-electron chi connectivity index (χ1n) is 26.9. The molecule has 4 aliphatic heterocycles. The van der Waals surface area contributed by atoms with Crippen molar-refractivity contribution in [1.82, 2.24) is 16.1 Å². The van der Waals surface area contributed by atoms with E-state index in [4.69, 9.17) is 61.7 Å². The van der Waals surface area contributed by atoms with Gasteiger partial charge in [-0.3, -0.25) is 19.7 Å². The minimum atomic E-state index is -2.05. The fraction of sp³-hybridized carbons (Fsp3) is 0.655. The molecule has 2 aliphatic carbocycles. The van der Waals surface area contributed by atoms with Gasteiger partial charge in [0, 0.05) is 44.0 Å². The number of methoxy groups -OCH3 is 5. The van der Waals surface area contributed by atoms with Crippen molar-refractivity contribution >= 4 is 82.8 Å². The molecule has 8 N–H and O–H groups in total. The van der Waals surface area contributed by atoms with E-state index in [1.807, 2.05) is 35.8 Å². The zero-order valence-corrected chi connectivity index (χ0v) is 53.6. The molecule has 0 aromatic heterocycles. The lowest BCUT2D eigenvalue weighted by atomic mass is 9.75. The van der Waals surface area contributed by atoms with Crippen molar-refractivity contribution in [2.45, 2.75) is 169 Å². The number of rotatable bonds is 22. The number of nitrogens with one attached hydrogen (secondary N) is 3. The number of amides is 1. The van der Waals surface area contributed by atoms with Crippen LogP contribution < -0.4 is 30.3 Å². The van der Waals surface area contributed by atoms with Gasteiger partial charge in [-0.25, -0.2) is 4.79 Å². The lowest BCUT2D eigenvalue weighted by molar-refractivity contribution is -0.336. The van der Waals surface area contributed by atoms with Gasteiger partial charge in [0.05, 0.1) is 97.0 Å². The summed E-state index contributed by atoms with van der Waals surface area (Å²) in [5, 5.41) is 62.7. The molecule has 0 unspecified atom stereocenters. The first-order chi connectivity index (χ1) is 40.2. The highest BCUT2D eigenvalue weighted by Gasteiger charge is 2.52. The van der Waals surface area contributed by atoms with Crippen LogP contribution in [0, 0.1) is 34.2 Å². The molecule has 0 radical (unpaired) electrons. The summed E-state index contributed by atoms with van der Waals surface area (Å²) >= 11 is 2.83. The van der Waals surface area contributed by atoms with Crippen LogP contribution in [0.4, 0.5) is 4.79 Å². The highest BCUT2D eigenvalue weighted by Crippen LogP contribution is 2.49. The number of aliphatic hydroxyl groups is 5. The third-order valence-electron chi connectivity index (χ3n) is 14.8. The Morgan fingerprint density at radius 1 is 0.881 bits per heavy atom. The summed E-state index contributed by atoms with van der Waals surface area (Å²) in [5.74, 6) is 11.3. The Morgan fingerprint density at radius 3 is 2.27 bits per heavy atom. The van der Waals surface area contributed by atoms with Crippen LogP contribution in [0.25, 0.3) is 0 Å². The van der Waals surface area contributed by atoms with Gasteiger partial charge in [0.1, 0.15) is 36.6 Å². The van der Waals surface area contributed by atoms with Gasteiger partial charge >= 0.3 is 6.09 Å². The van der Waals surface area contributed by atoms with Crippen LogP contribution in [-0.2, 0) is 52.3 Å². The second kappa shape index (κ2) is 31.5. The number of hydrogen-bond donors (Lipinski definition) is 8. The number of hydroxylamine groups is 1. The van der Waals surface area contributed by atoms with Gasteiger partial charge in [0.15, 0.2) is 41.8 Å². The van der Waals surface area contributed by atoms with Gasteiger partial charge in [0.2, 0.25) is 17.2 Å². The van der Waals surface area contributed by atoms with Crippen LogP contribution in [-0.4, -0.2) is 218 Å². The first kappa shape index (κ1) is 68.5. The van der Waals surface area contributed by atoms with E-state index in [2.05, 4.69) is 39.8 Å². The molecular weight excluding hydrogens is 1290 g/mol. The number of likely N-dealkylation sites (N-methyl/N-ethyl adjacent to an activating group) is 1. The molecule has 4 fully saturated rings. The van der Waals surface area contributed by atoms with Crippen molar-refractivity contribution in [2.75, 3.05) is 60.7 Å². The number of carbonyl (C=O) groups excluding carboxylic acids is 3. The number of hydrogen-bond acceptors (Lipinski definition) is 27. The summed E-state index contributed by atoms with van der Waals surface area (Å²) in [6.45, 7) is 9.41. The number of fused-ring (bicyclic) bond motifs is 2. The molecule has 6 aliphatic rings. The molecule has 19 atom stereocenters. The predicted octanol–water partition coefficient (Wildman–Crippen LogP) is 3.20. The maximum atomic E-state index is 14.4. The Hall–Kier alpha value is -2.94. The number of ether oxygens (including phenoxy) is 12. The van der Waals surface area contributed by atoms with Gasteiger partial charge in [-0.05, 0) is 90.6 Å². The quantitative estimate of drug-likeness (QED) is 0.0272. The summed E-state index contributed by atoms with van der Waals surface area (Å²) in [6.07, 6.45) is -11.9. The number of aliphatic hydroxyl groups excluding tert-OH is 4. The van der Waals surface area contributed by atoms with E-state index in [-0.39, 0.29) is 71.2 Å². The molecule has 1 aromatic carbocycles. The molecule has 1 aromatic rings. The van der Waals surface area contributed by atoms with Gasteiger partial charge in [0.25, 0.3) is 0 Å². The van der Waals surface area contributed by atoms with E-state index in [9.17, 15) is 39.9 Å². The Kier molecular flexibility index (Phi) is 25.7. The van der Waals surface area contributed by atoms with Crippen molar-refractivity contribution < 1.29 is 102 Å². The van der Waals surface area contributed by atoms with Crippen molar-refractivity contribution in [2.24, 2.45) is 0 Å². The standard InChI is InChI=1S/C55H74IN3O21S4/c1-12-57-30-24-73-35(22-34(30)68-6)78-48-43(63)40(26(3)75-53(48)77-33-17-15-13-14-16-19-55(67)23-32(61)41(58-54(66)72-10)38(33)29(55)18-20-82-84-81-11)59-80-36-21-31(60)50(28(5)74-36)83-51(65)37-25(2)39(56)46(49(71-9)45(37)69-7)79-52-44(64)47(70-8)42(62)27(4)76-52/h13-14,18,26-28,30-31,33-36,40,42-44,47-48,50,52-53,57,59-60,62-64,67H,12,20-24H2,1-11H3,(H,58,66)/t26-,27+,28-,30+,31+,33+,34+,35+,36+,40-,42+,43+,44-,47-,48-,50-,52+,53+,55-/m1/s1. The summed E-state index contributed by atoms with van der Waals surface area (Å²) in [6, 6.07) is -1.27. The Bertz CT molecular complexity index is 2710. The molecule has 4 saturated heterocycles.